The summed E-state index contributed by atoms with van der Waals surface area (Å²) in [7, 11) is 1.48. The second-order valence-electron chi connectivity index (χ2n) is 1.90. The van der Waals surface area contributed by atoms with Crippen LogP contribution in [0.1, 0.15) is 0 Å². The Balaban J connectivity index is 3.12. The van der Waals surface area contributed by atoms with E-state index < -0.39 is 14.2 Å². The van der Waals surface area contributed by atoms with Gasteiger partial charge >= 0.3 is 68.5 Å². The second kappa shape index (κ2) is 3.62. The minimum atomic E-state index is -2.84. The van der Waals surface area contributed by atoms with E-state index in [0.29, 0.717) is 10.2 Å². The molecule has 0 spiro atoms. The molecule has 0 heterocycles. The molecule has 0 aliphatic heterocycles. The van der Waals surface area contributed by atoms with Crippen LogP contribution in [0.25, 0.3) is 0 Å². The molecule has 0 fully saturated rings. The molecule has 0 saturated heterocycles. The summed E-state index contributed by atoms with van der Waals surface area (Å²) in [6.45, 7) is 0. The summed E-state index contributed by atoms with van der Waals surface area (Å²) in [6.07, 6.45) is 0. The fourth-order valence-electron chi connectivity index (χ4n) is 0.763. The van der Waals surface area contributed by atoms with Gasteiger partial charge < -0.3 is 0 Å². The van der Waals surface area contributed by atoms with Crippen LogP contribution in [0.2, 0.25) is 0 Å². The molecule has 3 nitrogen and oxygen atoms in total. The molecular weight excluding hydrogens is 211 g/mol. The summed E-state index contributed by atoms with van der Waals surface area (Å²) in [4.78, 5) is 0. The molecule has 4 heteroatoms. The van der Waals surface area contributed by atoms with Gasteiger partial charge in [-0.1, -0.05) is 0 Å². The van der Waals surface area contributed by atoms with Crippen molar-refractivity contribution < 1.29 is 12.8 Å². The van der Waals surface area contributed by atoms with Crippen LogP contribution < -0.4 is 9.20 Å². The van der Waals surface area contributed by atoms with E-state index in [2.05, 4.69) is 0 Å². The van der Waals surface area contributed by atoms with Gasteiger partial charge in [0, 0.05) is 0 Å². The van der Waals surface area contributed by atoms with Crippen molar-refractivity contribution >= 4 is 18.6 Å². The van der Waals surface area contributed by atoms with Crippen molar-refractivity contribution in [1.29, 1.82) is 0 Å². The topological polar surface area (TPSA) is 46.5 Å². The van der Waals surface area contributed by atoms with E-state index in [1.165, 1.54) is 7.11 Å². The van der Waals surface area contributed by atoms with Gasteiger partial charge in [0.05, 0.1) is 0 Å². The number of rotatable bonds is 2. The summed E-state index contributed by atoms with van der Waals surface area (Å²) in [5.74, 6) is 0.481. The van der Waals surface area contributed by atoms with E-state index >= 15 is 0 Å². The van der Waals surface area contributed by atoms with Crippen molar-refractivity contribution in [1.82, 2.24) is 0 Å². The third-order valence-corrected chi connectivity index (χ3v) is 2.75. The summed E-state index contributed by atoms with van der Waals surface area (Å²) in [5, 5.41) is 0. The van der Waals surface area contributed by atoms with Crippen molar-refractivity contribution in [3.8, 4) is 5.75 Å². The molecule has 0 amide bonds. The first-order chi connectivity index (χ1) is 5.25. The van der Waals surface area contributed by atoms with Crippen LogP contribution in [-0.2, 0) is 3.83 Å². The molecule has 0 bridgehead atoms. The van der Waals surface area contributed by atoms with Crippen LogP contribution in [0.15, 0.2) is 24.3 Å². The molecule has 0 aliphatic rings. The van der Waals surface area contributed by atoms with Crippen LogP contribution in [-0.4, -0.2) is 25.5 Å². The van der Waals surface area contributed by atoms with Gasteiger partial charge in [-0.3, -0.25) is 0 Å². The third-order valence-electron chi connectivity index (χ3n) is 1.26. The van der Waals surface area contributed by atoms with E-state index in [9.17, 15) is 3.83 Å². The number of ether oxygens (including phenoxy) is 1. The molecule has 1 N–H and O–H groups in total. The van der Waals surface area contributed by atoms with Crippen LogP contribution in [0.4, 0.5) is 0 Å². The molecule has 0 saturated carbocycles. The van der Waals surface area contributed by atoms with E-state index in [0.717, 1.165) is 0 Å². The molecule has 0 aromatic heterocycles. The van der Waals surface area contributed by atoms with Gasteiger partial charge in [0.15, 0.2) is 0 Å². The van der Waals surface area contributed by atoms with Gasteiger partial charge in [-0.15, -0.1) is 0 Å². The normalized spacial score (nSPS) is 12.5. The van der Waals surface area contributed by atoms with Crippen LogP contribution in [0.3, 0.4) is 0 Å². The molecule has 1 unspecified atom stereocenters. The quantitative estimate of drug-likeness (QED) is 0.701. The van der Waals surface area contributed by atoms with Gasteiger partial charge in [-0.25, -0.2) is 0 Å². The molecule has 1 aromatic carbocycles. The van der Waals surface area contributed by atoms with E-state index in [4.69, 9.17) is 8.93 Å². The zero-order valence-electron chi connectivity index (χ0n) is 5.98. The molecule has 1 rings (SSSR count). The Hall–Kier alpha value is -0.701. The second-order valence-corrected chi connectivity index (χ2v) is 3.87. The predicted octanol–water partition coefficient (Wildman–Crippen LogP) is -0.187. The van der Waals surface area contributed by atoms with E-state index in [-0.39, 0.29) is 0 Å². The Labute approximate surface area is 69.0 Å². The summed E-state index contributed by atoms with van der Waals surface area (Å²) >= 11 is -2.84. The van der Waals surface area contributed by atoms with Gasteiger partial charge in [-0.2, -0.15) is 0 Å². The third kappa shape index (κ3) is 1.87. The maximum absolute atomic E-state index is 10.7. The fraction of sp³-hybridized carbons (Fsp3) is 0.143. The summed E-state index contributed by atoms with van der Waals surface area (Å²) < 4.78 is 24.8. The molecule has 11 heavy (non-hydrogen) atoms. The van der Waals surface area contributed by atoms with Crippen molar-refractivity contribution in [2.75, 3.05) is 7.11 Å². The van der Waals surface area contributed by atoms with Crippen LogP contribution in [0.5, 0.6) is 5.75 Å². The Morgan fingerprint density at radius 2 is 2.09 bits per heavy atom. The van der Waals surface area contributed by atoms with Gasteiger partial charge in [-0.05, 0) is 0 Å². The maximum atomic E-state index is 10.7. The van der Waals surface area contributed by atoms with Gasteiger partial charge in [0.1, 0.15) is 0 Å². The standard InChI is InChI=1S/C7H8O3Se/c1-10-6-4-2-3-5-7(6)11(8)9/h2-5H,1H3,(H,8,9). The molecule has 1 atom stereocenters. The average molecular weight is 219 g/mol. The van der Waals surface area contributed by atoms with Crippen molar-refractivity contribution in [3.05, 3.63) is 24.3 Å². The SMILES string of the molecule is COc1ccccc1[Se](=O)O. The zero-order chi connectivity index (χ0) is 8.27. The number of methoxy groups -OCH3 is 1. The van der Waals surface area contributed by atoms with Gasteiger partial charge in [0.25, 0.3) is 0 Å². The van der Waals surface area contributed by atoms with Crippen molar-refractivity contribution in [2.45, 2.75) is 0 Å². The zero-order valence-corrected chi connectivity index (χ0v) is 7.69. The van der Waals surface area contributed by atoms with Gasteiger partial charge in [0.2, 0.25) is 0 Å². The minimum absolute atomic E-state index is 0.398. The monoisotopic (exact) mass is 220 g/mol. The first-order valence-electron chi connectivity index (χ1n) is 2.99. The van der Waals surface area contributed by atoms with Crippen LogP contribution >= 0.6 is 0 Å². The summed E-state index contributed by atoms with van der Waals surface area (Å²) in [6, 6.07) is 6.73. The number of para-hydroxylation sites is 1. The molecule has 1 aromatic rings. The molecule has 0 radical (unpaired) electrons. The van der Waals surface area contributed by atoms with Crippen LogP contribution in [0, 0.1) is 0 Å². The first-order valence-corrected chi connectivity index (χ1v) is 5.32. The Morgan fingerprint density at radius 1 is 1.45 bits per heavy atom. The predicted molar refractivity (Wildman–Crippen MR) is 41.3 cm³/mol. The number of hydrogen-bond acceptors (Lipinski definition) is 2. The Bertz CT molecular complexity index is 272. The Morgan fingerprint density at radius 3 is 2.55 bits per heavy atom. The number of hydrogen-bond donors (Lipinski definition) is 1. The van der Waals surface area contributed by atoms with Crippen molar-refractivity contribution in [3.63, 3.8) is 0 Å². The molecule has 0 aliphatic carbocycles. The van der Waals surface area contributed by atoms with E-state index in [1.807, 2.05) is 0 Å². The molecule has 60 valence electrons. The summed E-state index contributed by atoms with van der Waals surface area (Å²) in [5.41, 5.74) is 0. The molecular formula is C7H8O3Se. The van der Waals surface area contributed by atoms with Crippen molar-refractivity contribution in [2.24, 2.45) is 0 Å². The van der Waals surface area contributed by atoms with E-state index in [1.54, 1.807) is 24.3 Å². The fourth-order valence-corrected chi connectivity index (χ4v) is 1.85. The number of benzene rings is 1. The first kappa shape index (κ1) is 8.40. The Kier molecular flexibility index (Phi) is 2.76. The average Bonchev–Trinajstić information content (AvgIpc) is 2.04.